The summed E-state index contributed by atoms with van der Waals surface area (Å²) in [6.07, 6.45) is -0.357. The molecule has 0 unspecified atom stereocenters. The minimum Gasteiger partial charge on any atom is -0.453 e. The molecule has 0 aliphatic carbocycles. The van der Waals surface area contributed by atoms with Crippen molar-refractivity contribution in [3.8, 4) is 0 Å². The van der Waals surface area contributed by atoms with Crippen molar-refractivity contribution in [1.29, 1.82) is 0 Å². The molecule has 1 atom stereocenters. The summed E-state index contributed by atoms with van der Waals surface area (Å²) in [6.45, 7) is 1.91. The van der Waals surface area contributed by atoms with Crippen molar-refractivity contribution in [1.82, 2.24) is 9.80 Å². The zero-order chi connectivity index (χ0) is 14.5. The molecule has 1 heterocycles. The van der Waals surface area contributed by atoms with Gasteiger partial charge in [0.25, 0.3) is 0 Å². The number of methoxy groups -OCH3 is 1. The Morgan fingerprint density at radius 2 is 1.65 bits per heavy atom. The zero-order valence-electron chi connectivity index (χ0n) is 11.5. The predicted molar refractivity (Wildman–Crippen MR) is 73.9 cm³/mol. The number of carbonyl (C=O) groups is 2. The summed E-state index contributed by atoms with van der Waals surface area (Å²) < 4.78 is 4.66. The minimum absolute atomic E-state index is 0.110. The van der Waals surface area contributed by atoms with Crippen LogP contribution in [0.5, 0.6) is 0 Å². The third-order valence-corrected chi connectivity index (χ3v) is 3.45. The Labute approximate surface area is 118 Å². The summed E-state index contributed by atoms with van der Waals surface area (Å²) in [5, 5.41) is 0. The van der Waals surface area contributed by atoms with Gasteiger partial charge < -0.3 is 20.3 Å². The molecule has 0 bridgehead atoms. The summed E-state index contributed by atoms with van der Waals surface area (Å²) in [6, 6.07) is 8.63. The lowest BCUT2D eigenvalue weighted by Crippen LogP contribution is -2.52. The van der Waals surface area contributed by atoms with Crippen LogP contribution in [-0.2, 0) is 9.53 Å². The molecule has 1 aromatic rings. The Morgan fingerprint density at radius 1 is 1.10 bits per heavy atom. The average molecular weight is 277 g/mol. The van der Waals surface area contributed by atoms with Gasteiger partial charge in [0, 0.05) is 26.2 Å². The van der Waals surface area contributed by atoms with Crippen molar-refractivity contribution in [2.75, 3.05) is 33.3 Å². The molecule has 0 aromatic heterocycles. The molecular weight excluding hydrogens is 258 g/mol. The number of nitrogens with zero attached hydrogens (tertiary/aromatic N) is 2. The van der Waals surface area contributed by atoms with Gasteiger partial charge >= 0.3 is 6.09 Å². The summed E-state index contributed by atoms with van der Waals surface area (Å²) in [7, 11) is 1.35. The molecule has 2 rings (SSSR count). The first-order chi connectivity index (χ1) is 9.63. The second-order valence-electron chi connectivity index (χ2n) is 4.67. The normalized spacial score (nSPS) is 16.7. The van der Waals surface area contributed by atoms with E-state index >= 15 is 0 Å². The Bertz CT molecular complexity index is 470. The number of piperazine rings is 1. The lowest BCUT2D eigenvalue weighted by molar-refractivity contribution is -0.134. The van der Waals surface area contributed by atoms with Crippen molar-refractivity contribution in [3.05, 3.63) is 35.9 Å². The van der Waals surface area contributed by atoms with E-state index in [1.54, 1.807) is 9.80 Å². The molecule has 1 saturated heterocycles. The Kier molecular flexibility index (Phi) is 4.57. The number of amides is 2. The highest BCUT2D eigenvalue weighted by atomic mass is 16.5. The van der Waals surface area contributed by atoms with Gasteiger partial charge in [-0.15, -0.1) is 0 Å². The minimum atomic E-state index is -0.652. The standard InChI is InChI=1S/C14H19N3O3/c1-20-14(19)17-9-7-16(8-10-17)13(18)12(15)11-5-3-2-4-6-11/h2-6,12H,7-10,15H2,1H3/t12-/m0/s1. The molecule has 108 valence electrons. The maximum absolute atomic E-state index is 12.3. The number of nitrogens with two attached hydrogens (primary N) is 1. The third-order valence-electron chi connectivity index (χ3n) is 3.45. The molecular formula is C14H19N3O3. The van der Waals surface area contributed by atoms with Crippen LogP contribution in [0.25, 0.3) is 0 Å². The summed E-state index contributed by atoms with van der Waals surface area (Å²) >= 11 is 0. The van der Waals surface area contributed by atoms with Crippen LogP contribution in [0.3, 0.4) is 0 Å². The maximum atomic E-state index is 12.3. The number of carbonyl (C=O) groups excluding carboxylic acids is 2. The van der Waals surface area contributed by atoms with Gasteiger partial charge in [0.15, 0.2) is 0 Å². The predicted octanol–water partition coefficient (Wildman–Crippen LogP) is 0.597. The van der Waals surface area contributed by atoms with Crippen LogP contribution in [0.2, 0.25) is 0 Å². The van der Waals surface area contributed by atoms with E-state index in [9.17, 15) is 9.59 Å². The molecule has 0 radical (unpaired) electrons. The lowest BCUT2D eigenvalue weighted by Gasteiger charge is -2.35. The fourth-order valence-electron chi connectivity index (χ4n) is 2.24. The quantitative estimate of drug-likeness (QED) is 0.858. The van der Waals surface area contributed by atoms with Crippen molar-refractivity contribution < 1.29 is 14.3 Å². The van der Waals surface area contributed by atoms with E-state index in [0.717, 1.165) is 5.56 Å². The second kappa shape index (κ2) is 6.38. The van der Waals surface area contributed by atoms with Crippen molar-refractivity contribution in [2.24, 2.45) is 5.73 Å². The van der Waals surface area contributed by atoms with E-state index in [-0.39, 0.29) is 12.0 Å². The van der Waals surface area contributed by atoms with Crippen LogP contribution < -0.4 is 5.73 Å². The van der Waals surface area contributed by atoms with Gasteiger partial charge in [-0.05, 0) is 5.56 Å². The molecule has 6 heteroatoms. The van der Waals surface area contributed by atoms with Gasteiger partial charge in [-0.25, -0.2) is 4.79 Å². The van der Waals surface area contributed by atoms with E-state index in [2.05, 4.69) is 4.74 Å². The molecule has 6 nitrogen and oxygen atoms in total. The summed E-state index contributed by atoms with van der Waals surface area (Å²) in [5.41, 5.74) is 6.79. The van der Waals surface area contributed by atoms with Crippen LogP contribution in [0, 0.1) is 0 Å². The van der Waals surface area contributed by atoms with Crippen LogP contribution in [0.1, 0.15) is 11.6 Å². The number of rotatable bonds is 2. The van der Waals surface area contributed by atoms with Crippen LogP contribution in [-0.4, -0.2) is 55.1 Å². The monoisotopic (exact) mass is 277 g/mol. The van der Waals surface area contributed by atoms with Crippen LogP contribution in [0.15, 0.2) is 30.3 Å². The van der Waals surface area contributed by atoms with Gasteiger partial charge in [-0.2, -0.15) is 0 Å². The van der Waals surface area contributed by atoms with Crippen LogP contribution in [0.4, 0.5) is 4.79 Å². The van der Waals surface area contributed by atoms with E-state index in [1.807, 2.05) is 30.3 Å². The first-order valence-corrected chi connectivity index (χ1v) is 6.55. The molecule has 20 heavy (non-hydrogen) atoms. The third kappa shape index (κ3) is 3.08. The molecule has 1 aromatic carbocycles. The zero-order valence-corrected chi connectivity index (χ0v) is 11.5. The van der Waals surface area contributed by atoms with Crippen molar-refractivity contribution in [3.63, 3.8) is 0 Å². The molecule has 1 fully saturated rings. The summed E-state index contributed by atoms with van der Waals surface area (Å²) in [5.74, 6) is -0.110. The fourth-order valence-corrected chi connectivity index (χ4v) is 2.24. The number of hydrogen-bond acceptors (Lipinski definition) is 4. The maximum Gasteiger partial charge on any atom is 0.409 e. The topological polar surface area (TPSA) is 75.9 Å². The SMILES string of the molecule is COC(=O)N1CCN(C(=O)[C@@H](N)c2ccccc2)CC1. The lowest BCUT2D eigenvalue weighted by atomic mass is 10.1. The Hall–Kier alpha value is -2.08. The van der Waals surface area contributed by atoms with Crippen molar-refractivity contribution >= 4 is 12.0 Å². The molecule has 1 aliphatic rings. The Balaban J connectivity index is 1.93. The number of ether oxygens (including phenoxy) is 1. The average Bonchev–Trinajstić information content (AvgIpc) is 2.53. The Morgan fingerprint density at radius 3 is 2.20 bits per heavy atom. The first kappa shape index (κ1) is 14.3. The van der Waals surface area contributed by atoms with Gasteiger partial charge in [-0.1, -0.05) is 30.3 Å². The smallest absolute Gasteiger partial charge is 0.409 e. The highest BCUT2D eigenvalue weighted by Crippen LogP contribution is 2.14. The van der Waals surface area contributed by atoms with E-state index in [1.165, 1.54) is 7.11 Å². The highest BCUT2D eigenvalue weighted by Gasteiger charge is 2.27. The highest BCUT2D eigenvalue weighted by molar-refractivity contribution is 5.83. The number of benzene rings is 1. The van der Waals surface area contributed by atoms with Gasteiger partial charge in [-0.3, -0.25) is 4.79 Å². The first-order valence-electron chi connectivity index (χ1n) is 6.55. The van der Waals surface area contributed by atoms with Gasteiger partial charge in [0.2, 0.25) is 5.91 Å². The fraction of sp³-hybridized carbons (Fsp3) is 0.429. The van der Waals surface area contributed by atoms with E-state index in [0.29, 0.717) is 26.2 Å². The largest absolute Gasteiger partial charge is 0.453 e. The second-order valence-corrected chi connectivity index (χ2v) is 4.67. The molecule has 2 amide bonds. The molecule has 0 saturated carbocycles. The van der Waals surface area contributed by atoms with E-state index < -0.39 is 6.04 Å². The van der Waals surface area contributed by atoms with Crippen LogP contribution >= 0.6 is 0 Å². The number of hydrogen-bond donors (Lipinski definition) is 1. The molecule has 2 N–H and O–H groups in total. The molecule has 0 spiro atoms. The van der Waals surface area contributed by atoms with Crippen molar-refractivity contribution in [2.45, 2.75) is 6.04 Å². The molecule has 1 aliphatic heterocycles. The summed E-state index contributed by atoms with van der Waals surface area (Å²) in [4.78, 5) is 27.0. The van der Waals surface area contributed by atoms with Gasteiger partial charge in [0.1, 0.15) is 6.04 Å². The van der Waals surface area contributed by atoms with Gasteiger partial charge in [0.05, 0.1) is 7.11 Å². The van der Waals surface area contributed by atoms with E-state index in [4.69, 9.17) is 5.73 Å².